The molecule has 0 aliphatic heterocycles. The lowest BCUT2D eigenvalue weighted by Crippen LogP contribution is -2.37. The normalized spacial score (nSPS) is 9.87. The van der Waals surface area contributed by atoms with Crippen LogP contribution in [0.2, 0.25) is 0 Å². The van der Waals surface area contributed by atoms with Crippen LogP contribution in [0.5, 0.6) is 0 Å². The molecule has 0 atom stereocenters. The van der Waals surface area contributed by atoms with E-state index in [0.717, 1.165) is 18.7 Å². The molecule has 0 saturated carbocycles. The van der Waals surface area contributed by atoms with Crippen molar-refractivity contribution in [3.8, 4) is 0 Å². The summed E-state index contributed by atoms with van der Waals surface area (Å²) in [5.74, 6) is 0. The molecule has 0 spiro atoms. The smallest absolute Gasteiger partial charge is 0.0825 e. The monoisotopic (exact) mass is 230 g/mol. The Balaban J connectivity index is 0.00000196. The maximum atomic E-state index is 5.60. The summed E-state index contributed by atoms with van der Waals surface area (Å²) in [4.78, 5) is 5.60. The highest BCUT2D eigenvalue weighted by Crippen LogP contribution is 2.14. The van der Waals surface area contributed by atoms with Crippen molar-refractivity contribution >= 4 is 18.1 Å². The predicted molar refractivity (Wildman–Crippen MR) is 66.1 cm³/mol. The highest BCUT2D eigenvalue weighted by atomic mass is 35.5. The van der Waals surface area contributed by atoms with Crippen LogP contribution in [0.4, 0.5) is 5.69 Å². The molecule has 0 aliphatic rings. The van der Waals surface area contributed by atoms with E-state index >= 15 is 0 Å². The molecule has 15 heavy (non-hydrogen) atoms. The quantitative estimate of drug-likeness (QED) is 0.724. The molecule has 1 aromatic rings. The first-order valence-corrected chi connectivity index (χ1v) is 4.91. The van der Waals surface area contributed by atoms with Crippen LogP contribution in [-0.4, -0.2) is 25.7 Å². The fourth-order valence-corrected chi connectivity index (χ4v) is 1.15. The number of para-hydroxylation sites is 1. The minimum absolute atomic E-state index is 0. The summed E-state index contributed by atoms with van der Waals surface area (Å²) in [6, 6.07) is 10.0. The Hall–Kier alpha value is -0.770. The number of nitrogens with zero attached hydrogens (tertiary/aromatic N) is 2. The van der Waals surface area contributed by atoms with Crippen LogP contribution < -0.4 is 5.17 Å². The average molecular weight is 231 g/mol. The maximum Gasteiger partial charge on any atom is 0.0825 e. The molecular formula is C11H19ClN2O. The predicted octanol–water partition coefficient (Wildman–Crippen LogP) is 2.73. The molecule has 0 heterocycles. The van der Waals surface area contributed by atoms with Gasteiger partial charge in [0, 0.05) is 14.1 Å². The Morgan fingerprint density at radius 2 is 1.73 bits per heavy atom. The number of hydrogen-bond donors (Lipinski definition) is 0. The Bertz CT molecular complexity index is 254. The topological polar surface area (TPSA) is 15.7 Å². The minimum Gasteiger partial charge on any atom is -0.258 e. The molecule has 0 unspecified atom stereocenters. The van der Waals surface area contributed by atoms with Crippen molar-refractivity contribution in [1.82, 2.24) is 5.01 Å². The summed E-state index contributed by atoms with van der Waals surface area (Å²) < 4.78 is 0. The first-order valence-electron chi connectivity index (χ1n) is 4.91. The largest absolute Gasteiger partial charge is 0.258 e. The van der Waals surface area contributed by atoms with Gasteiger partial charge in [0.25, 0.3) is 0 Å². The van der Waals surface area contributed by atoms with Gasteiger partial charge < -0.3 is 0 Å². The first kappa shape index (κ1) is 14.2. The Morgan fingerprint density at radius 1 is 1.13 bits per heavy atom. The standard InChI is InChI=1S/C11H18N2O.ClH/c1-4-10-14-13(12(2)3)11-8-6-5-7-9-11;/h5-9H,4,10H2,1-3H3;1H. The van der Waals surface area contributed by atoms with Gasteiger partial charge in [0.1, 0.15) is 0 Å². The van der Waals surface area contributed by atoms with Crippen LogP contribution in [0, 0.1) is 0 Å². The zero-order valence-electron chi connectivity index (χ0n) is 9.51. The van der Waals surface area contributed by atoms with Crippen LogP contribution >= 0.6 is 12.4 Å². The van der Waals surface area contributed by atoms with Gasteiger partial charge in [0.2, 0.25) is 0 Å². The average Bonchev–Trinajstić information content (AvgIpc) is 2.19. The van der Waals surface area contributed by atoms with E-state index in [1.165, 1.54) is 0 Å². The van der Waals surface area contributed by atoms with Crippen LogP contribution in [0.25, 0.3) is 0 Å². The lowest BCUT2D eigenvalue weighted by molar-refractivity contribution is 0.0195. The van der Waals surface area contributed by atoms with Gasteiger partial charge in [0.05, 0.1) is 12.3 Å². The molecule has 1 rings (SSSR count). The second-order valence-electron chi connectivity index (χ2n) is 3.29. The first-order chi connectivity index (χ1) is 6.75. The molecule has 0 aromatic heterocycles. The molecule has 0 aliphatic carbocycles. The van der Waals surface area contributed by atoms with E-state index in [9.17, 15) is 0 Å². The van der Waals surface area contributed by atoms with Gasteiger partial charge in [-0.25, -0.2) is 5.01 Å². The zero-order valence-corrected chi connectivity index (χ0v) is 10.3. The number of halogens is 1. The van der Waals surface area contributed by atoms with Crippen molar-refractivity contribution in [2.45, 2.75) is 13.3 Å². The Kier molecular flexibility index (Phi) is 7.13. The molecule has 0 fully saturated rings. The van der Waals surface area contributed by atoms with Crippen molar-refractivity contribution in [2.24, 2.45) is 0 Å². The summed E-state index contributed by atoms with van der Waals surface area (Å²) in [6.45, 7) is 2.83. The van der Waals surface area contributed by atoms with Gasteiger partial charge in [-0.15, -0.1) is 12.4 Å². The van der Waals surface area contributed by atoms with Crippen LogP contribution in [0.15, 0.2) is 30.3 Å². The SMILES string of the molecule is CCCON(c1ccccc1)N(C)C.Cl. The number of rotatable bonds is 5. The number of hydrazine groups is 1. The summed E-state index contributed by atoms with van der Waals surface area (Å²) in [5.41, 5.74) is 1.05. The summed E-state index contributed by atoms with van der Waals surface area (Å²) in [5, 5.41) is 3.72. The molecule has 1 aromatic carbocycles. The van der Waals surface area contributed by atoms with Gasteiger partial charge in [-0.3, -0.25) is 4.84 Å². The van der Waals surface area contributed by atoms with Gasteiger partial charge in [0.15, 0.2) is 0 Å². The van der Waals surface area contributed by atoms with E-state index in [2.05, 4.69) is 6.92 Å². The summed E-state index contributed by atoms with van der Waals surface area (Å²) in [7, 11) is 3.92. The molecule has 0 saturated heterocycles. The highest BCUT2D eigenvalue weighted by molar-refractivity contribution is 5.85. The van der Waals surface area contributed by atoms with E-state index in [4.69, 9.17) is 4.84 Å². The van der Waals surface area contributed by atoms with Crippen molar-refractivity contribution in [3.63, 3.8) is 0 Å². The van der Waals surface area contributed by atoms with E-state index in [-0.39, 0.29) is 12.4 Å². The van der Waals surface area contributed by atoms with E-state index in [0.29, 0.717) is 0 Å². The Labute approximate surface area is 98.0 Å². The fourth-order valence-electron chi connectivity index (χ4n) is 1.15. The van der Waals surface area contributed by atoms with Gasteiger partial charge >= 0.3 is 0 Å². The summed E-state index contributed by atoms with van der Waals surface area (Å²) >= 11 is 0. The number of hydrogen-bond acceptors (Lipinski definition) is 3. The maximum absolute atomic E-state index is 5.60. The van der Waals surface area contributed by atoms with Crippen LogP contribution in [0.1, 0.15) is 13.3 Å². The van der Waals surface area contributed by atoms with Gasteiger partial charge in [-0.1, -0.05) is 25.1 Å². The molecular weight excluding hydrogens is 212 g/mol. The van der Waals surface area contributed by atoms with E-state index < -0.39 is 0 Å². The summed E-state index contributed by atoms with van der Waals surface area (Å²) in [6.07, 6.45) is 1.01. The van der Waals surface area contributed by atoms with E-state index in [1.54, 1.807) is 5.17 Å². The third-order valence-electron chi connectivity index (χ3n) is 1.76. The minimum atomic E-state index is 0. The van der Waals surface area contributed by atoms with Crippen molar-refractivity contribution in [1.29, 1.82) is 0 Å². The third kappa shape index (κ3) is 4.51. The highest BCUT2D eigenvalue weighted by Gasteiger charge is 2.07. The molecule has 0 amide bonds. The van der Waals surface area contributed by atoms with Gasteiger partial charge in [-0.05, 0) is 18.6 Å². The lowest BCUT2D eigenvalue weighted by Gasteiger charge is -2.29. The zero-order chi connectivity index (χ0) is 10.4. The third-order valence-corrected chi connectivity index (χ3v) is 1.76. The van der Waals surface area contributed by atoms with E-state index in [1.807, 2.05) is 49.4 Å². The Morgan fingerprint density at radius 3 is 2.20 bits per heavy atom. The second-order valence-corrected chi connectivity index (χ2v) is 3.29. The molecule has 86 valence electrons. The number of anilines is 1. The second kappa shape index (κ2) is 7.51. The molecule has 0 N–H and O–H groups in total. The van der Waals surface area contributed by atoms with Gasteiger partial charge in [-0.2, -0.15) is 5.17 Å². The molecule has 0 radical (unpaired) electrons. The molecule has 0 bridgehead atoms. The van der Waals surface area contributed by atoms with Crippen LogP contribution in [-0.2, 0) is 4.84 Å². The number of benzene rings is 1. The molecule has 4 heteroatoms. The van der Waals surface area contributed by atoms with Crippen molar-refractivity contribution in [2.75, 3.05) is 25.9 Å². The van der Waals surface area contributed by atoms with Crippen molar-refractivity contribution in [3.05, 3.63) is 30.3 Å². The fraction of sp³-hybridized carbons (Fsp3) is 0.455. The molecule has 3 nitrogen and oxygen atoms in total. The van der Waals surface area contributed by atoms with Crippen molar-refractivity contribution < 1.29 is 4.84 Å². The lowest BCUT2D eigenvalue weighted by atomic mass is 10.3. The van der Waals surface area contributed by atoms with Crippen LogP contribution in [0.3, 0.4) is 0 Å².